The van der Waals surface area contributed by atoms with Crippen molar-refractivity contribution in [3.8, 4) is 6.07 Å². The number of carbonyl (C=O) groups is 1. The van der Waals surface area contributed by atoms with Crippen molar-refractivity contribution in [1.82, 2.24) is 0 Å². The molecule has 3 heteroatoms. The van der Waals surface area contributed by atoms with E-state index in [1.54, 1.807) is 0 Å². The molecular formula is C15H18N2O. The van der Waals surface area contributed by atoms with Crippen molar-refractivity contribution in [1.29, 1.82) is 5.26 Å². The molecule has 0 atom stereocenters. The molecule has 0 aliphatic heterocycles. The zero-order valence-corrected chi connectivity index (χ0v) is 10.7. The predicted molar refractivity (Wildman–Crippen MR) is 71.7 cm³/mol. The summed E-state index contributed by atoms with van der Waals surface area (Å²) in [4.78, 5) is 13.8. The van der Waals surface area contributed by atoms with Crippen LogP contribution in [0.15, 0.2) is 24.3 Å². The van der Waals surface area contributed by atoms with Crippen LogP contribution in [0.3, 0.4) is 0 Å². The van der Waals surface area contributed by atoms with Crippen molar-refractivity contribution >= 4 is 11.5 Å². The van der Waals surface area contributed by atoms with E-state index in [0.29, 0.717) is 18.9 Å². The average molecular weight is 242 g/mol. The van der Waals surface area contributed by atoms with E-state index in [9.17, 15) is 4.79 Å². The highest BCUT2D eigenvalue weighted by Crippen LogP contribution is 2.31. The summed E-state index contributed by atoms with van der Waals surface area (Å²) >= 11 is 0. The Kier molecular flexibility index (Phi) is 3.99. The van der Waals surface area contributed by atoms with Gasteiger partial charge in [-0.3, -0.25) is 4.79 Å². The standard InChI is InChI=1S/C15H18N2O/c1-2-15(18)12-4-6-13(7-5-12)17(11-3-10-16)14-8-9-14/h4-7,14H,2-3,8-9,11H2,1H3. The van der Waals surface area contributed by atoms with E-state index < -0.39 is 0 Å². The molecule has 1 aromatic rings. The van der Waals surface area contributed by atoms with Crippen molar-refractivity contribution in [2.45, 2.75) is 38.6 Å². The summed E-state index contributed by atoms with van der Waals surface area (Å²) in [6, 6.07) is 10.6. The molecule has 94 valence electrons. The van der Waals surface area contributed by atoms with Crippen LogP contribution in [-0.4, -0.2) is 18.4 Å². The van der Waals surface area contributed by atoms with E-state index in [-0.39, 0.29) is 5.78 Å². The van der Waals surface area contributed by atoms with Gasteiger partial charge in [0.15, 0.2) is 5.78 Å². The largest absolute Gasteiger partial charge is 0.368 e. The lowest BCUT2D eigenvalue weighted by Gasteiger charge is -2.23. The summed E-state index contributed by atoms with van der Waals surface area (Å²) in [5.41, 5.74) is 1.90. The van der Waals surface area contributed by atoms with Crippen molar-refractivity contribution < 1.29 is 4.79 Å². The molecule has 1 aromatic carbocycles. The van der Waals surface area contributed by atoms with Crippen LogP contribution in [0.5, 0.6) is 0 Å². The lowest BCUT2D eigenvalue weighted by molar-refractivity contribution is 0.0988. The van der Waals surface area contributed by atoms with Crippen molar-refractivity contribution in [2.75, 3.05) is 11.4 Å². The summed E-state index contributed by atoms with van der Waals surface area (Å²) < 4.78 is 0. The monoisotopic (exact) mass is 242 g/mol. The van der Waals surface area contributed by atoms with Crippen LogP contribution < -0.4 is 4.90 Å². The van der Waals surface area contributed by atoms with Crippen LogP contribution >= 0.6 is 0 Å². The molecule has 0 heterocycles. The van der Waals surface area contributed by atoms with Crippen molar-refractivity contribution in [2.24, 2.45) is 0 Å². The van der Waals surface area contributed by atoms with Gasteiger partial charge in [-0.05, 0) is 37.1 Å². The molecule has 2 rings (SSSR count). The van der Waals surface area contributed by atoms with Gasteiger partial charge < -0.3 is 4.90 Å². The van der Waals surface area contributed by atoms with E-state index in [1.165, 1.54) is 12.8 Å². The molecule has 1 saturated carbocycles. The van der Waals surface area contributed by atoms with Gasteiger partial charge in [0.05, 0.1) is 12.5 Å². The maximum Gasteiger partial charge on any atom is 0.162 e. The highest BCUT2D eigenvalue weighted by molar-refractivity contribution is 5.96. The Morgan fingerprint density at radius 1 is 1.39 bits per heavy atom. The summed E-state index contributed by atoms with van der Waals surface area (Å²) in [7, 11) is 0. The Bertz CT molecular complexity index is 454. The smallest absolute Gasteiger partial charge is 0.162 e. The maximum absolute atomic E-state index is 11.6. The summed E-state index contributed by atoms with van der Waals surface area (Å²) in [5, 5.41) is 8.69. The second-order valence-electron chi connectivity index (χ2n) is 4.66. The molecule has 18 heavy (non-hydrogen) atoms. The van der Waals surface area contributed by atoms with Crippen LogP contribution in [0.1, 0.15) is 43.0 Å². The fraction of sp³-hybridized carbons (Fsp3) is 0.467. The highest BCUT2D eigenvalue weighted by atomic mass is 16.1. The van der Waals surface area contributed by atoms with Crippen LogP contribution in [0.2, 0.25) is 0 Å². The molecule has 1 fully saturated rings. The molecule has 0 spiro atoms. The number of ketones is 1. The van der Waals surface area contributed by atoms with Gasteiger partial charge in [-0.25, -0.2) is 0 Å². The minimum atomic E-state index is 0.177. The summed E-state index contributed by atoms with van der Waals surface area (Å²) in [6.45, 7) is 2.65. The van der Waals surface area contributed by atoms with Gasteiger partial charge in [0.1, 0.15) is 0 Å². The predicted octanol–water partition coefficient (Wildman–Crippen LogP) is 3.16. The first-order valence-electron chi connectivity index (χ1n) is 6.53. The average Bonchev–Trinajstić information content (AvgIpc) is 3.24. The molecule has 0 unspecified atom stereocenters. The minimum absolute atomic E-state index is 0.177. The maximum atomic E-state index is 11.6. The van der Waals surface area contributed by atoms with Crippen LogP contribution in [0.4, 0.5) is 5.69 Å². The SMILES string of the molecule is CCC(=O)c1ccc(N(CCC#N)C2CC2)cc1. The molecule has 0 N–H and O–H groups in total. The molecule has 0 radical (unpaired) electrons. The first-order valence-corrected chi connectivity index (χ1v) is 6.53. The van der Waals surface area contributed by atoms with E-state index in [1.807, 2.05) is 31.2 Å². The van der Waals surface area contributed by atoms with Gasteiger partial charge in [0, 0.05) is 30.3 Å². The lowest BCUT2D eigenvalue weighted by atomic mass is 10.1. The quantitative estimate of drug-likeness (QED) is 0.720. The molecule has 3 nitrogen and oxygen atoms in total. The van der Waals surface area contributed by atoms with E-state index in [2.05, 4.69) is 11.0 Å². The second kappa shape index (κ2) is 5.68. The number of nitriles is 1. The number of nitrogens with zero attached hydrogens (tertiary/aromatic N) is 2. The third-order valence-electron chi connectivity index (χ3n) is 3.29. The fourth-order valence-electron chi connectivity index (χ4n) is 2.12. The molecule has 1 aliphatic rings. The lowest BCUT2D eigenvalue weighted by Crippen LogP contribution is -2.26. The number of rotatable bonds is 6. The zero-order valence-electron chi connectivity index (χ0n) is 10.7. The highest BCUT2D eigenvalue weighted by Gasteiger charge is 2.28. The first-order chi connectivity index (χ1) is 8.76. The molecule has 0 bridgehead atoms. The van der Waals surface area contributed by atoms with Crippen LogP contribution in [0.25, 0.3) is 0 Å². The van der Waals surface area contributed by atoms with Crippen LogP contribution in [-0.2, 0) is 0 Å². The topological polar surface area (TPSA) is 44.1 Å². The van der Waals surface area contributed by atoms with Crippen molar-refractivity contribution in [3.63, 3.8) is 0 Å². The zero-order chi connectivity index (χ0) is 13.0. The Balaban J connectivity index is 2.11. The number of hydrogen-bond acceptors (Lipinski definition) is 3. The first kappa shape index (κ1) is 12.6. The third kappa shape index (κ3) is 2.89. The molecule has 0 saturated heterocycles. The van der Waals surface area contributed by atoms with Crippen LogP contribution in [0, 0.1) is 11.3 Å². The molecule has 1 aliphatic carbocycles. The Morgan fingerprint density at radius 3 is 2.56 bits per heavy atom. The Hall–Kier alpha value is -1.82. The molecular weight excluding hydrogens is 224 g/mol. The normalized spacial score (nSPS) is 14.0. The number of hydrogen-bond donors (Lipinski definition) is 0. The molecule has 0 aromatic heterocycles. The van der Waals surface area contributed by atoms with E-state index in [4.69, 9.17) is 5.26 Å². The minimum Gasteiger partial charge on any atom is -0.368 e. The van der Waals surface area contributed by atoms with E-state index in [0.717, 1.165) is 17.8 Å². The number of anilines is 1. The molecule has 0 amide bonds. The van der Waals surface area contributed by atoms with Gasteiger partial charge in [-0.2, -0.15) is 5.26 Å². The van der Waals surface area contributed by atoms with E-state index >= 15 is 0 Å². The van der Waals surface area contributed by atoms with Gasteiger partial charge in [-0.1, -0.05) is 6.92 Å². The summed E-state index contributed by atoms with van der Waals surface area (Å²) in [6.07, 6.45) is 3.51. The fourth-order valence-corrected chi connectivity index (χ4v) is 2.12. The number of carbonyl (C=O) groups excluding carboxylic acids is 1. The van der Waals surface area contributed by atoms with Gasteiger partial charge in [0.2, 0.25) is 0 Å². The van der Waals surface area contributed by atoms with Gasteiger partial charge in [0.25, 0.3) is 0 Å². The van der Waals surface area contributed by atoms with Gasteiger partial charge in [-0.15, -0.1) is 0 Å². The number of benzene rings is 1. The number of Topliss-reactive ketones (excluding diaryl/α,β-unsaturated/α-hetero) is 1. The summed E-state index contributed by atoms with van der Waals surface area (Å²) in [5.74, 6) is 0.177. The Labute approximate surface area is 108 Å². The van der Waals surface area contributed by atoms with Crippen molar-refractivity contribution in [3.05, 3.63) is 29.8 Å². The Morgan fingerprint density at radius 2 is 2.06 bits per heavy atom. The second-order valence-corrected chi connectivity index (χ2v) is 4.66. The van der Waals surface area contributed by atoms with Gasteiger partial charge >= 0.3 is 0 Å². The third-order valence-corrected chi connectivity index (χ3v) is 3.29.